The van der Waals surface area contributed by atoms with Crippen LogP contribution in [-0.4, -0.2) is 30.9 Å². The van der Waals surface area contributed by atoms with Crippen molar-refractivity contribution >= 4 is 17.7 Å². The zero-order valence-electron chi connectivity index (χ0n) is 15.0. The van der Waals surface area contributed by atoms with E-state index in [0.717, 1.165) is 29.0 Å². The second-order valence-corrected chi connectivity index (χ2v) is 7.33. The number of carbonyl (C=O) groups is 1. The fourth-order valence-corrected chi connectivity index (χ4v) is 3.65. The lowest BCUT2D eigenvalue weighted by atomic mass is 9.98. The first-order chi connectivity index (χ1) is 13.0. The quantitative estimate of drug-likeness (QED) is 0.740. The molecule has 1 saturated heterocycles. The number of benzene rings is 2. The second kappa shape index (κ2) is 8.82. The minimum Gasteiger partial charge on any atom is -0.364 e. The molecular weight excluding hydrogens is 370 g/mol. The molecule has 144 valence electrons. The number of amides is 1. The van der Waals surface area contributed by atoms with E-state index in [1.807, 2.05) is 30.5 Å². The molecule has 0 radical (unpaired) electrons. The number of ether oxygens (including phenoxy) is 1. The van der Waals surface area contributed by atoms with Crippen molar-refractivity contribution in [1.82, 2.24) is 5.32 Å². The Morgan fingerprint density at radius 2 is 2.00 bits per heavy atom. The summed E-state index contributed by atoms with van der Waals surface area (Å²) in [6, 6.07) is 10.6. The van der Waals surface area contributed by atoms with Gasteiger partial charge in [0.15, 0.2) is 11.6 Å². The Bertz CT molecular complexity index is 818. The van der Waals surface area contributed by atoms with E-state index in [0.29, 0.717) is 18.5 Å². The predicted octanol–water partition coefficient (Wildman–Crippen LogP) is 3.40. The van der Waals surface area contributed by atoms with Gasteiger partial charge in [0, 0.05) is 11.4 Å². The van der Waals surface area contributed by atoms with E-state index >= 15 is 0 Å². The molecule has 1 aliphatic rings. The molecule has 0 saturated carbocycles. The third-order valence-electron chi connectivity index (χ3n) is 4.65. The minimum absolute atomic E-state index is 0.123. The number of thioether (sulfide) groups is 1. The van der Waals surface area contributed by atoms with Crippen molar-refractivity contribution in [3.8, 4) is 0 Å². The summed E-state index contributed by atoms with van der Waals surface area (Å²) >= 11 is 1.56. The first kappa shape index (κ1) is 19.8. The molecule has 2 aromatic carbocycles. The average Bonchev–Trinajstić information content (AvgIpc) is 3.17. The van der Waals surface area contributed by atoms with Crippen LogP contribution in [0.4, 0.5) is 8.78 Å². The molecule has 1 heterocycles. The highest BCUT2D eigenvalue weighted by molar-refractivity contribution is 7.98. The zero-order valence-corrected chi connectivity index (χ0v) is 15.8. The molecular formula is C20H22F2N2O2S. The van der Waals surface area contributed by atoms with E-state index in [4.69, 9.17) is 10.5 Å². The van der Waals surface area contributed by atoms with Gasteiger partial charge in [-0.05, 0) is 54.5 Å². The van der Waals surface area contributed by atoms with Gasteiger partial charge in [-0.25, -0.2) is 8.78 Å². The Morgan fingerprint density at radius 1 is 1.22 bits per heavy atom. The third kappa shape index (κ3) is 4.66. The maximum absolute atomic E-state index is 13.8. The van der Waals surface area contributed by atoms with Gasteiger partial charge in [0.1, 0.15) is 6.10 Å². The molecule has 3 N–H and O–H groups in total. The van der Waals surface area contributed by atoms with Gasteiger partial charge in [0.05, 0.1) is 12.1 Å². The molecule has 2 aromatic rings. The summed E-state index contributed by atoms with van der Waals surface area (Å²) in [7, 11) is 0. The second-order valence-electron chi connectivity index (χ2n) is 6.45. The summed E-state index contributed by atoms with van der Waals surface area (Å²) in [4.78, 5) is 13.7. The number of carbonyl (C=O) groups excluding carboxylic acids is 1. The molecule has 0 bridgehead atoms. The van der Waals surface area contributed by atoms with Crippen molar-refractivity contribution in [3.05, 3.63) is 65.2 Å². The zero-order chi connectivity index (χ0) is 19.4. The molecule has 1 fully saturated rings. The summed E-state index contributed by atoms with van der Waals surface area (Å²) in [6.07, 6.45) is 2.55. The average molecular weight is 392 g/mol. The van der Waals surface area contributed by atoms with Gasteiger partial charge >= 0.3 is 0 Å². The predicted molar refractivity (Wildman–Crippen MR) is 102 cm³/mol. The summed E-state index contributed by atoms with van der Waals surface area (Å²) in [5.41, 5.74) is 6.86. The largest absolute Gasteiger partial charge is 0.364 e. The van der Waals surface area contributed by atoms with Crippen LogP contribution in [0.3, 0.4) is 0 Å². The van der Waals surface area contributed by atoms with Gasteiger partial charge in [-0.3, -0.25) is 4.79 Å². The summed E-state index contributed by atoms with van der Waals surface area (Å²) in [5.74, 6) is -2.16. The summed E-state index contributed by atoms with van der Waals surface area (Å²) in [5, 5.41) is 2.93. The lowest BCUT2D eigenvalue weighted by Crippen LogP contribution is -2.38. The molecule has 0 spiro atoms. The molecule has 7 heteroatoms. The maximum atomic E-state index is 13.8. The van der Waals surface area contributed by atoms with Crippen LogP contribution in [0.5, 0.6) is 0 Å². The van der Waals surface area contributed by atoms with Crippen LogP contribution in [0, 0.1) is 11.6 Å². The molecule has 1 amide bonds. The lowest BCUT2D eigenvalue weighted by Gasteiger charge is -2.22. The first-order valence-corrected chi connectivity index (χ1v) is 9.99. The SMILES string of the molecule is CSc1cccc(C(NC(=O)[C@@H]2CC[C@H](CN)O2)c2ccc(F)c(F)c2)c1. The Kier molecular flexibility index (Phi) is 6.46. The van der Waals surface area contributed by atoms with Gasteiger partial charge in [-0.2, -0.15) is 0 Å². The van der Waals surface area contributed by atoms with Gasteiger partial charge in [-0.1, -0.05) is 18.2 Å². The van der Waals surface area contributed by atoms with Crippen molar-refractivity contribution in [3.63, 3.8) is 0 Å². The Morgan fingerprint density at radius 3 is 2.67 bits per heavy atom. The Labute approximate surface area is 161 Å². The van der Waals surface area contributed by atoms with E-state index < -0.39 is 23.8 Å². The van der Waals surface area contributed by atoms with Crippen LogP contribution < -0.4 is 11.1 Å². The van der Waals surface area contributed by atoms with E-state index in [-0.39, 0.29) is 12.0 Å². The van der Waals surface area contributed by atoms with Crippen molar-refractivity contribution < 1.29 is 18.3 Å². The fraction of sp³-hybridized carbons (Fsp3) is 0.350. The number of hydrogen-bond donors (Lipinski definition) is 2. The van der Waals surface area contributed by atoms with Gasteiger partial charge in [-0.15, -0.1) is 11.8 Å². The number of hydrogen-bond acceptors (Lipinski definition) is 4. The Hall–Kier alpha value is -1.96. The number of nitrogens with one attached hydrogen (secondary N) is 1. The number of halogens is 2. The summed E-state index contributed by atoms with van der Waals surface area (Å²) in [6.45, 7) is 0.367. The number of nitrogens with two attached hydrogens (primary N) is 1. The van der Waals surface area contributed by atoms with Crippen molar-refractivity contribution in [1.29, 1.82) is 0 Å². The summed E-state index contributed by atoms with van der Waals surface area (Å²) < 4.78 is 32.8. The maximum Gasteiger partial charge on any atom is 0.249 e. The molecule has 1 unspecified atom stereocenters. The smallest absolute Gasteiger partial charge is 0.249 e. The molecule has 4 nitrogen and oxygen atoms in total. The molecule has 27 heavy (non-hydrogen) atoms. The minimum atomic E-state index is -0.951. The van der Waals surface area contributed by atoms with Crippen LogP contribution in [0.2, 0.25) is 0 Å². The van der Waals surface area contributed by atoms with Crippen molar-refractivity contribution in [2.24, 2.45) is 5.73 Å². The van der Waals surface area contributed by atoms with Crippen LogP contribution in [0.25, 0.3) is 0 Å². The van der Waals surface area contributed by atoms with Gasteiger partial charge in [0.25, 0.3) is 0 Å². The van der Waals surface area contributed by atoms with Crippen molar-refractivity contribution in [2.45, 2.75) is 36.0 Å². The highest BCUT2D eigenvalue weighted by Crippen LogP contribution is 2.28. The van der Waals surface area contributed by atoms with Crippen molar-refractivity contribution in [2.75, 3.05) is 12.8 Å². The van der Waals surface area contributed by atoms with Crippen LogP contribution in [0.15, 0.2) is 47.4 Å². The van der Waals surface area contributed by atoms with E-state index in [9.17, 15) is 13.6 Å². The van der Waals surface area contributed by atoms with E-state index in [1.54, 1.807) is 11.8 Å². The van der Waals surface area contributed by atoms with Gasteiger partial charge in [0.2, 0.25) is 5.91 Å². The monoisotopic (exact) mass is 392 g/mol. The molecule has 0 aliphatic carbocycles. The van der Waals surface area contributed by atoms with Crippen LogP contribution >= 0.6 is 11.8 Å². The van der Waals surface area contributed by atoms with E-state index in [1.165, 1.54) is 6.07 Å². The fourth-order valence-electron chi connectivity index (χ4n) is 3.18. The molecule has 3 rings (SSSR count). The lowest BCUT2D eigenvalue weighted by molar-refractivity contribution is -0.132. The van der Waals surface area contributed by atoms with Crippen LogP contribution in [-0.2, 0) is 9.53 Å². The van der Waals surface area contributed by atoms with Crippen LogP contribution in [0.1, 0.15) is 30.0 Å². The first-order valence-electron chi connectivity index (χ1n) is 8.76. The van der Waals surface area contributed by atoms with Gasteiger partial charge < -0.3 is 15.8 Å². The molecule has 3 atom stereocenters. The number of rotatable bonds is 6. The van der Waals surface area contributed by atoms with E-state index in [2.05, 4.69) is 5.32 Å². The normalized spacial score (nSPS) is 20.4. The molecule has 0 aromatic heterocycles. The third-order valence-corrected chi connectivity index (χ3v) is 5.38. The highest BCUT2D eigenvalue weighted by Gasteiger charge is 2.31. The molecule has 1 aliphatic heterocycles. The highest BCUT2D eigenvalue weighted by atomic mass is 32.2. The Balaban J connectivity index is 1.89. The topological polar surface area (TPSA) is 64.4 Å². The standard InChI is InChI=1S/C20H22F2N2O2S/c1-27-15-4-2-3-12(9-15)19(13-5-7-16(21)17(22)10-13)24-20(25)18-8-6-14(11-23)26-18/h2-5,7,9-10,14,18-19H,6,8,11,23H2,1H3,(H,24,25)/t14-,18+,19?/m1/s1.